The lowest BCUT2D eigenvalue weighted by Gasteiger charge is -2.22. The number of unbranched alkanes of at least 4 members (excludes halogenated alkanes) is 2. The van der Waals surface area contributed by atoms with Crippen LogP contribution in [-0.2, 0) is 10.0 Å². The van der Waals surface area contributed by atoms with Crippen LogP contribution in [0.25, 0.3) is 0 Å². The molecular formula is C14H21F2NO2S. The maximum Gasteiger partial charge on any atom is 0.248 e. The molecule has 0 aliphatic rings. The fourth-order valence-electron chi connectivity index (χ4n) is 1.88. The lowest BCUT2D eigenvalue weighted by atomic mass is 10.3. The summed E-state index contributed by atoms with van der Waals surface area (Å²) in [6.07, 6.45) is 2.97. The van der Waals surface area contributed by atoms with Crippen molar-refractivity contribution in [2.24, 2.45) is 0 Å². The van der Waals surface area contributed by atoms with Crippen molar-refractivity contribution in [3.05, 3.63) is 29.8 Å². The van der Waals surface area contributed by atoms with Gasteiger partial charge in [0.25, 0.3) is 0 Å². The maximum atomic E-state index is 13.7. The summed E-state index contributed by atoms with van der Waals surface area (Å²) < 4.78 is 53.5. The highest BCUT2D eigenvalue weighted by Crippen LogP contribution is 2.23. The highest BCUT2D eigenvalue weighted by molar-refractivity contribution is 7.89. The highest BCUT2D eigenvalue weighted by atomic mass is 32.2. The van der Waals surface area contributed by atoms with Gasteiger partial charge in [-0.05, 0) is 25.0 Å². The molecule has 0 N–H and O–H groups in total. The second-order valence-corrected chi connectivity index (χ2v) is 6.54. The van der Waals surface area contributed by atoms with E-state index in [0.29, 0.717) is 12.8 Å². The number of hydrogen-bond acceptors (Lipinski definition) is 2. The zero-order chi connectivity index (χ0) is 15.2. The summed E-state index contributed by atoms with van der Waals surface area (Å²) in [7, 11) is -4.12. The fraction of sp³-hybridized carbons (Fsp3) is 0.571. The van der Waals surface area contributed by atoms with Gasteiger partial charge in [0.1, 0.15) is 11.6 Å². The first kappa shape index (κ1) is 17.0. The van der Waals surface area contributed by atoms with Gasteiger partial charge in [0.05, 0.1) is 0 Å². The molecule has 1 rings (SSSR count). The fourth-order valence-corrected chi connectivity index (χ4v) is 3.51. The molecule has 3 nitrogen and oxygen atoms in total. The predicted octanol–water partition coefficient (Wildman–Crippen LogP) is 3.56. The molecule has 0 unspecified atom stereocenters. The number of hydrogen-bond donors (Lipinski definition) is 0. The number of benzene rings is 1. The van der Waals surface area contributed by atoms with E-state index in [1.807, 2.05) is 13.8 Å². The lowest BCUT2D eigenvalue weighted by molar-refractivity contribution is 0.388. The van der Waals surface area contributed by atoms with Crippen LogP contribution in [0.3, 0.4) is 0 Å². The summed E-state index contributed by atoms with van der Waals surface area (Å²) >= 11 is 0. The van der Waals surface area contributed by atoms with Gasteiger partial charge in [0.2, 0.25) is 10.0 Å². The SMILES string of the molecule is CCCCN(CCCC)S(=O)(=O)c1c(F)cccc1F. The molecule has 0 aliphatic heterocycles. The third kappa shape index (κ3) is 3.99. The Labute approximate surface area is 119 Å². The van der Waals surface area contributed by atoms with Crippen molar-refractivity contribution in [1.29, 1.82) is 0 Å². The van der Waals surface area contributed by atoms with Gasteiger partial charge < -0.3 is 0 Å². The molecule has 114 valence electrons. The minimum Gasteiger partial charge on any atom is -0.207 e. The first-order chi connectivity index (χ1) is 9.45. The minimum atomic E-state index is -4.12. The molecule has 0 atom stereocenters. The van der Waals surface area contributed by atoms with Crippen LogP contribution in [0.4, 0.5) is 8.78 Å². The van der Waals surface area contributed by atoms with Crippen molar-refractivity contribution in [3.63, 3.8) is 0 Å². The van der Waals surface area contributed by atoms with Crippen LogP contribution in [0.15, 0.2) is 23.1 Å². The Kier molecular flexibility index (Phi) is 6.55. The molecule has 0 fully saturated rings. The van der Waals surface area contributed by atoms with Crippen molar-refractivity contribution >= 4 is 10.0 Å². The first-order valence-corrected chi connectivity index (χ1v) is 8.33. The standard InChI is InChI=1S/C14H21F2NO2S/c1-3-5-10-17(11-6-4-2)20(18,19)14-12(15)8-7-9-13(14)16/h7-9H,3-6,10-11H2,1-2H3. The Morgan fingerprint density at radius 1 is 1.00 bits per heavy atom. The first-order valence-electron chi connectivity index (χ1n) is 6.89. The van der Waals surface area contributed by atoms with Gasteiger partial charge in [0, 0.05) is 13.1 Å². The van der Waals surface area contributed by atoms with E-state index >= 15 is 0 Å². The van der Waals surface area contributed by atoms with Gasteiger partial charge in [-0.25, -0.2) is 17.2 Å². The maximum absolute atomic E-state index is 13.7. The van der Waals surface area contributed by atoms with Crippen LogP contribution < -0.4 is 0 Å². The summed E-state index contributed by atoms with van der Waals surface area (Å²) in [5.74, 6) is -2.08. The van der Waals surface area contributed by atoms with Crippen molar-refractivity contribution < 1.29 is 17.2 Å². The molecule has 0 amide bonds. The molecule has 0 heterocycles. The smallest absolute Gasteiger partial charge is 0.207 e. The van der Waals surface area contributed by atoms with Gasteiger partial charge in [-0.3, -0.25) is 0 Å². The normalized spacial score (nSPS) is 12.1. The molecule has 0 spiro atoms. The van der Waals surface area contributed by atoms with E-state index in [1.54, 1.807) is 0 Å². The van der Waals surface area contributed by atoms with Gasteiger partial charge in [-0.1, -0.05) is 32.8 Å². The molecule has 20 heavy (non-hydrogen) atoms. The largest absolute Gasteiger partial charge is 0.248 e. The molecule has 1 aromatic rings. The average molecular weight is 305 g/mol. The van der Waals surface area contributed by atoms with Gasteiger partial charge in [-0.15, -0.1) is 0 Å². The molecule has 0 saturated heterocycles. The molecule has 0 bridgehead atoms. The molecular weight excluding hydrogens is 284 g/mol. The monoisotopic (exact) mass is 305 g/mol. The van der Waals surface area contributed by atoms with Gasteiger partial charge in [-0.2, -0.15) is 4.31 Å². The number of nitrogens with zero attached hydrogens (tertiary/aromatic N) is 1. The molecule has 6 heteroatoms. The van der Waals surface area contributed by atoms with Crippen LogP contribution in [0.2, 0.25) is 0 Å². The van der Waals surface area contributed by atoms with E-state index in [0.717, 1.165) is 31.0 Å². The zero-order valence-corrected chi connectivity index (χ0v) is 12.7. The van der Waals surface area contributed by atoms with E-state index < -0.39 is 26.6 Å². The third-order valence-electron chi connectivity index (χ3n) is 3.04. The minimum absolute atomic E-state index is 0.284. The van der Waals surface area contributed by atoms with E-state index in [1.165, 1.54) is 4.31 Å². The summed E-state index contributed by atoms with van der Waals surface area (Å²) in [6, 6.07) is 3.09. The molecule has 1 aromatic carbocycles. The number of rotatable bonds is 8. The lowest BCUT2D eigenvalue weighted by Crippen LogP contribution is -2.34. The molecule has 0 radical (unpaired) electrons. The third-order valence-corrected chi connectivity index (χ3v) is 4.99. The second kappa shape index (κ2) is 7.69. The van der Waals surface area contributed by atoms with Crippen molar-refractivity contribution in [1.82, 2.24) is 4.31 Å². The zero-order valence-electron chi connectivity index (χ0n) is 11.9. The summed E-state index contributed by atoms with van der Waals surface area (Å²) in [6.45, 7) is 4.45. The molecule has 0 aliphatic carbocycles. The van der Waals surface area contributed by atoms with E-state index in [-0.39, 0.29) is 13.1 Å². The van der Waals surface area contributed by atoms with Crippen molar-refractivity contribution in [2.45, 2.75) is 44.4 Å². The Hall–Kier alpha value is -1.01. The number of sulfonamides is 1. The Morgan fingerprint density at radius 3 is 1.85 bits per heavy atom. The second-order valence-electron chi connectivity index (χ2n) is 4.66. The average Bonchev–Trinajstić information content (AvgIpc) is 2.38. The summed E-state index contributed by atoms with van der Waals surface area (Å²) in [5, 5.41) is 0. The quantitative estimate of drug-likeness (QED) is 0.736. The summed E-state index contributed by atoms with van der Waals surface area (Å²) in [5.41, 5.74) is 0. The molecule has 0 aromatic heterocycles. The van der Waals surface area contributed by atoms with Gasteiger partial charge in [0.15, 0.2) is 4.90 Å². The van der Waals surface area contributed by atoms with Crippen LogP contribution in [0.1, 0.15) is 39.5 Å². The van der Waals surface area contributed by atoms with Crippen LogP contribution >= 0.6 is 0 Å². The Bertz CT molecular complexity index is 504. The Balaban J connectivity index is 3.14. The van der Waals surface area contributed by atoms with Crippen molar-refractivity contribution in [3.8, 4) is 0 Å². The number of halogens is 2. The van der Waals surface area contributed by atoms with Crippen molar-refractivity contribution in [2.75, 3.05) is 13.1 Å². The van der Waals surface area contributed by atoms with Crippen LogP contribution in [0, 0.1) is 11.6 Å². The van der Waals surface area contributed by atoms with E-state index in [9.17, 15) is 17.2 Å². The van der Waals surface area contributed by atoms with E-state index in [4.69, 9.17) is 0 Å². The Morgan fingerprint density at radius 2 is 1.45 bits per heavy atom. The molecule has 0 saturated carbocycles. The van der Waals surface area contributed by atoms with E-state index in [2.05, 4.69) is 0 Å². The highest BCUT2D eigenvalue weighted by Gasteiger charge is 2.29. The van der Waals surface area contributed by atoms with Crippen LogP contribution in [0.5, 0.6) is 0 Å². The van der Waals surface area contributed by atoms with Crippen LogP contribution in [-0.4, -0.2) is 25.8 Å². The van der Waals surface area contributed by atoms with Gasteiger partial charge >= 0.3 is 0 Å². The topological polar surface area (TPSA) is 37.4 Å². The predicted molar refractivity (Wildman–Crippen MR) is 74.9 cm³/mol. The summed E-state index contributed by atoms with van der Waals surface area (Å²) in [4.78, 5) is -0.841.